The van der Waals surface area contributed by atoms with E-state index in [1.165, 1.54) is 12.3 Å². The maximum absolute atomic E-state index is 12.2. The van der Waals surface area contributed by atoms with Crippen LogP contribution in [-0.2, 0) is 16.6 Å². The monoisotopic (exact) mass is 285 g/mol. The van der Waals surface area contributed by atoms with Crippen molar-refractivity contribution in [2.75, 3.05) is 0 Å². The van der Waals surface area contributed by atoms with Crippen LogP contribution in [0.25, 0.3) is 0 Å². The summed E-state index contributed by atoms with van der Waals surface area (Å²) in [5.74, 6) is 0. The van der Waals surface area contributed by atoms with E-state index >= 15 is 0 Å². The average Bonchev–Trinajstić information content (AvgIpc) is 2.41. The van der Waals surface area contributed by atoms with Gasteiger partial charge in [0, 0.05) is 18.8 Å². The molecule has 1 heterocycles. The van der Waals surface area contributed by atoms with Crippen molar-refractivity contribution in [1.29, 1.82) is 0 Å². The molecule has 4 N–H and O–H groups in total. The van der Waals surface area contributed by atoms with Crippen molar-refractivity contribution < 1.29 is 13.5 Å². The van der Waals surface area contributed by atoms with Crippen molar-refractivity contribution in [3.8, 4) is 0 Å². The Labute approximate surface area is 113 Å². The van der Waals surface area contributed by atoms with Gasteiger partial charge in [-0.25, -0.2) is 13.1 Å². The van der Waals surface area contributed by atoms with Crippen molar-refractivity contribution in [3.63, 3.8) is 0 Å². The largest absolute Gasteiger partial charge is 0.391 e. The first-order valence-electron chi connectivity index (χ1n) is 6.38. The molecule has 1 aliphatic rings. The molecule has 0 radical (unpaired) electrons. The molecule has 0 bridgehead atoms. The van der Waals surface area contributed by atoms with E-state index in [1.807, 2.05) is 0 Å². The lowest BCUT2D eigenvalue weighted by molar-refractivity contribution is 0.101. The third-order valence-electron chi connectivity index (χ3n) is 3.35. The number of aliphatic hydroxyl groups excluding tert-OH is 1. The number of hydrogen-bond acceptors (Lipinski definition) is 5. The molecule has 1 fully saturated rings. The fourth-order valence-electron chi connectivity index (χ4n) is 2.21. The van der Waals surface area contributed by atoms with Gasteiger partial charge in [0.2, 0.25) is 10.0 Å². The zero-order valence-electron chi connectivity index (χ0n) is 10.6. The topological polar surface area (TPSA) is 105 Å². The van der Waals surface area contributed by atoms with E-state index in [1.54, 1.807) is 6.07 Å². The lowest BCUT2D eigenvalue weighted by Crippen LogP contribution is -2.44. The minimum Gasteiger partial charge on any atom is -0.391 e. The van der Waals surface area contributed by atoms with E-state index in [2.05, 4.69) is 9.71 Å². The van der Waals surface area contributed by atoms with Crippen molar-refractivity contribution in [1.82, 2.24) is 9.71 Å². The standard InChI is InChI=1S/C12H19N3O3S/c13-7-9-5-6-10(8-14-9)19(17,18)15-11-3-1-2-4-12(11)16/h5-6,8,11-12,15-16H,1-4,7,13H2. The van der Waals surface area contributed by atoms with Crippen molar-refractivity contribution >= 4 is 10.0 Å². The van der Waals surface area contributed by atoms with Crippen LogP contribution >= 0.6 is 0 Å². The van der Waals surface area contributed by atoms with Gasteiger partial charge in [-0.05, 0) is 25.0 Å². The molecule has 19 heavy (non-hydrogen) atoms. The van der Waals surface area contributed by atoms with E-state index in [4.69, 9.17) is 5.73 Å². The first kappa shape index (κ1) is 14.4. The Bertz CT molecular complexity index is 516. The van der Waals surface area contributed by atoms with Gasteiger partial charge in [0.1, 0.15) is 4.90 Å². The number of aromatic nitrogens is 1. The first-order chi connectivity index (χ1) is 9.03. The van der Waals surface area contributed by atoms with Crippen LogP contribution in [0.2, 0.25) is 0 Å². The zero-order chi connectivity index (χ0) is 13.9. The van der Waals surface area contributed by atoms with E-state index in [0.717, 1.165) is 12.8 Å². The highest BCUT2D eigenvalue weighted by atomic mass is 32.2. The molecule has 1 aliphatic carbocycles. The Morgan fingerprint density at radius 1 is 1.37 bits per heavy atom. The third kappa shape index (κ3) is 3.50. The normalized spacial score (nSPS) is 24.3. The molecule has 1 aromatic rings. The Hall–Kier alpha value is -1.02. The van der Waals surface area contributed by atoms with Crippen LogP contribution in [0.4, 0.5) is 0 Å². The summed E-state index contributed by atoms with van der Waals surface area (Å²) in [5, 5.41) is 9.80. The van der Waals surface area contributed by atoms with Gasteiger partial charge in [-0.1, -0.05) is 12.8 Å². The van der Waals surface area contributed by atoms with Gasteiger partial charge in [-0.3, -0.25) is 4.98 Å². The number of sulfonamides is 1. The molecule has 0 aromatic carbocycles. The smallest absolute Gasteiger partial charge is 0.242 e. The summed E-state index contributed by atoms with van der Waals surface area (Å²) in [6, 6.07) is 2.66. The van der Waals surface area contributed by atoms with Crippen molar-refractivity contribution in [2.24, 2.45) is 5.73 Å². The highest BCUT2D eigenvalue weighted by molar-refractivity contribution is 7.89. The molecule has 106 valence electrons. The maximum Gasteiger partial charge on any atom is 0.242 e. The zero-order valence-corrected chi connectivity index (χ0v) is 11.4. The molecule has 0 amide bonds. The van der Waals surface area contributed by atoms with E-state index in [0.29, 0.717) is 18.5 Å². The summed E-state index contributed by atoms with van der Waals surface area (Å²) in [5.41, 5.74) is 6.05. The molecule has 1 saturated carbocycles. The fourth-order valence-corrected chi connectivity index (χ4v) is 3.45. The molecule has 2 unspecified atom stereocenters. The summed E-state index contributed by atoms with van der Waals surface area (Å²) in [6.07, 6.45) is 3.84. The molecule has 6 nitrogen and oxygen atoms in total. The molecular formula is C12H19N3O3S. The number of aliphatic hydroxyl groups is 1. The first-order valence-corrected chi connectivity index (χ1v) is 7.86. The molecule has 0 saturated heterocycles. The predicted molar refractivity (Wildman–Crippen MR) is 70.7 cm³/mol. The maximum atomic E-state index is 12.2. The number of rotatable bonds is 4. The SMILES string of the molecule is NCc1ccc(S(=O)(=O)NC2CCCCC2O)cn1. The summed E-state index contributed by atoms with van der Waals surface area (Å²) in [7, 11) is -3.63. The number of nitrogens with one attached hydrogen (secondary N) is 1. The highest BCUT2D eigenvalue weighted by Crippen LogP contribution is 2.20. The van der Waals surface area contributed by atoms with Crippen LogP contribution in [0.3, 0.4) is 0 Å². The fraction of sp³-hybridized carbons (Fsp3) is 0.583. The van der Waals surface area contributed by atoms with Crippen LogP contribution in [0, 0.1) is 0 Å². The molecule has 0 spiro atoms. The molecule has 0 aliphatic heterocycles. The second-order valence-corrected chi connectivity index (χ2v) is 6.48. The quantitative estimate of drug-likeness (QED) is 0.729. The van der Waals surface area contributed by atoms with Gasteiger partial charge in [-0.2, -0.15) is 0 Å². The van der Waals surface area contributed by atoms with Crippen LogP contribution in [-0.4, -0.2) is 30.7 Å². The Kier molecular flexibility index (Phi) is 4.51. The number of hydrogen-bond donors (Lipinski definition) is 3. The highest BCUT2D eigenvalue weighted by Gasteiger charge is 2.28. The van der Waals surface area contributed by atoms with Gasteiger partial charge >= 0.3 is 0 Å². The predicted octanol–water partition coefficient (Wildman–Crippen LogP) is 0.122. The van der Waals surface area contributed by atoms with Crippen molar-refractivity contribution in [3.05, 3.63) is 24.0 Å². The lowest BCUT2D eigenvalue weighted by Gasteiger charge is -2.28. The van der Waals surface area contributed by atoms with Gasteiger partial charge in [0.25, 0.3) is 0 Å². The number of nitrogens with two attached hydrogens (primary N) is 1. The van der Waals surface area contributed by atoms with E-state index < -0.39 is 22.2 Å². The van der Waals surface area contributed by atoms with E-state index in [9.17, 15) is 13.5 Å². The molecule has 2 atom stereocenters. The Morgan fingerprint density at radius 3 is 2.68 bits per heavy atom. The summed E-state index contributed by atoms with van der Waals surface area (Å²) in [4.78, 5) is 4.07. The second kappa shape index (κ2) is 5.96. The molecule has 7 heteroatoms. The van der Waals surface area contributed by atoms with Gasteiger partial charge < -0.3 is 10.8 Å². The van der Waals surface area contributed by atoms with Crippen LogP contribution in [0.15, 0.2) is 23.2 Å². The third-order valence-corrected chi connectivity index (χ3v) is 4.83. The van der Waals surface area contributed by atoms with Crippen LogP contribution < -0.4 is 10.5 Å². The van der Waals surface area contributed by atoms with E-state index in [-0.39, 0.29) is 11.4 Å². The second-order valence-electron chi connectivity index (χ2n) is 4.77. The van der Waals surface area contributed by atoms with Crippen LogP contribution in [0.5, 0.6) is 0 Å². The van der Waals surface area contributed by atoms with Crippen LogP contribution in [0.1, 0.15) is 31.4 Å². The van der Waals surface area contributed by atoms with Gasteiger partial charge in [-0.15, -0.1) is 0 Å². The molecule has 1 aromatic heterocycles. The minimum atomic E-state index is -3.63. The minimum absolute atomic E-state index is 0.0995. The van der Waals surface area contributed by atoms with Crippen molar-refractivity contribution in [2.45, 2.75) is 49.3 Å². The van der Waals surface area contributed by atoms with Gasteiger partial charge in [0.15, 0.2) is 0 Å². The molecular weight excluding hydrogens is 266 g/mol. The number of pyridine rings is 1. The summed E-state index contributed by atoms with van der Waals surface area (Å²) in [6.45, 7) is 0.273. The summed E-state index contributed by atoms with van der Waals surface area (Å²) >= 11 is 0. The summed E-state index contributed by atoms with van der Waals surface area (Å²) < 4.78 is 26.9. The number of nitrogens with zero attached hydrogens (tertiary/aromatic N) is 1. The lowest BCUT2D eigenvalue weighted by atomic mass is 9.93. The molecule has 2 rings (SSSR count). The average molecular weight is 285 g/mol. The Morgan fingerprint density at radius 2 is 2.11 bits per heavy atom. The Balaban J connectivity index is 2.12. The van der Waals surface area contributed by atoms with Gasteiger partial charge in [0.05, 0.1) is 11.8 Å².